The molecule has 0 bridgehead atoms. The lowest BCUT2D eigenvalue weighted by atomic mass is 9.77. The molecule has 0 aromatic rings. The first-order valence-electron chi connectivity index (χ1n) is 6.75. The third kappa shape index (κ3) is 4.06. The molecule has 96 valence electrons. The largest absolute Gasteiger partial charge is 0.368 e. The molecular formula is C14H29NO. The number of likely N-dealkylation sites (N-methyl/N-ethyl adjacent to an activating group) is 1. The van der Waals surface area contributed by atoms with Gasteiger partial charge in [-0.05, 0) is 59.4 Å². The third-order valence-electron chi connectivity index (χ3n) is 3.62. The van der Waals surface area contributed by atoms with Gasteiger partial charge in [0.15, 0.2) is 0 Å². The van der Waals surface area contributed by atoms with E-state index >= 15 is 0 Å². The second kappa shape index (κ2) is 5.50. The molecule has 1 saturated carbocycles. The fraction of sp³-hybridized carbons (Fsp3) is 1.00. The molecule has 0 unspecified atom stereocenters. The van der Waals surface area contributed by atoms with Gasteiger partial charge in [-0.1, -0.05) is 13.3 Å². The molecule has 0 aromatic carbocycles. The lowest BCUT2D eigenvalue weighted by molar-refractivity contribution is -0.150. The molecule has 0 aliphatic heterocycles. The molecule has 0 aromatic heterocycles. The van der Waals surface area contributed by atoms with Crippen LogP contribution in [0.2, 0.25) is 0 Å². The Morgan fingerprint density at radius 2 is 1.81 bits per heavy atom. The van der Waals surface area contributed by atoms with Gasteiger partial charge in [-0.25, -0.2) is 0 Å². The van der Waals surface area contributed by atoms with Gasteiger partial charge in [0.2, 0.25) is 0 Å². The van der Waals surface area contributed by atoms with Crippen LogP contribution in [0.15, 0.2) is 0 Å². The van der Waals surface area contributed by atoms with Gasteiger partial charge < -0.3 is 10.1 Å². The van der Waals surface area contributed by atoms with E-state index < -0.39 is 0 Å². The van der Waals surface area contributed by atoms with Crippen molar-refractivity contribution in [2.24, 2.45) is 5.92 Å². The van der Waals surface area contributed by atoms with Gasteiger partial charge in [0.1, 0.15) is 0 Å². The van der Waals surface area contributed by atoms with Crippen LogP contribution in [-0.2, 0) is 4.74 Å². The zero-order chi connectivity index (χ0) is 12.2. The minimum atomic E-state index is -0.0318. The normalized spacial score (nSPS) is 31.7. The Balaban J connectivity index is 2.61. The summed E-state index contributed by atoms with van der Waals surface area (Å²) in [6.45, 7) is 9.78. The maximum Gasteiger partial charge on any atom is 0.0813 e. The Morgan fingerprint density at radius 1 is 1.25 bits per heavy atom. The van der Waals surface area contributed by atoms with Crippen molar-refractivity contribution in [2.75, 3.05) is 13.6 Å². The molecule has 0 heterocycles. The Morgan fingerprint density at radius 3 is 2.19 bits per heavy atom. The highest BCUT2D eigenvalue weighted by atomic mass is 16.5. The monoisotopic (exact) mass is 227 g/mol. The van der Waals surface area contributed by atoms with Crippen molar-refractivity contribution in [1.82, 2.24) is 5.32 Å². The highest BCUT2D eigenvalue weighted by Gasteiger charge is 2.38. The number of hydrogen-bond donors (Lipinski definition) is 1. The Bertz CT molecular complexity index is 199. The van der Waals surface area contributed by atoms with Crippen LogP contribution >= 0.6 is 0 Å². The number of ether oxygens (including phenoxy) is 1. The highest BCUT2D eigenvalue weighted by Crippen LogP contribution is 2.38. The Labute approximate surface area is 101 Å². The first kappa shape index (κ1) is 14.0. The molecule has 16 heavy (non-hydrogen) atoms. The van der Waals surface area contributed by atoms with Crippen molar-refractivity contribution in [3.63, 3.8) is 0 Å². The van der Waals surface area contributed by atoms with Gasteiger partial charge in [0, 0.05) is 6.54 Å². The van der Waals surface area contributed by atoms with Crippen molar-refractivity contribution in [3.05, 3.63) is 0 Å². The van der Waals surface area contributed by atoms with E-state index in [1.165, 1.54) is 32.1 Å². The minimum Gasteiger partial charge on any atom is -0.368 e. The van der Waals surface area contributed by atoms with Crippen LogP contribution in [0.5, 0.6) is 0 Å². The average Bonchev–Trinajstić information content (AvgIpc) is 2.16. The topological polar surface area (TPSA) is 21.3 Å². The fourth-order valence-corrected chi connectivity index (χ4v) is 2.90. The molecule has 1 aliphatic rings. The average molecular weight is 227 g/mol. The number of rotatable bonds is 4. The van der Waals surface area contributed by atoms with Crippen molar-refractivity contribution in [2.45, 2.75) is 71.0 Å². The third-order valence-corrected chi connectivity index (χ3v) is 3.62. The maximum atomic E-state index is 6.34. The van der Waals surface area contributed by atoms with Crippen molar-refractivity contribution < 1.29 is 4.74 Å². The molecule has 1 aliphatic carbocycles. The summed E-state index contributed by atoms with van der Waals surface area (Å²) in [5, 5.41) is 3.31. The second-order valence-corrected chi connectivity index (χ2v) is 6.28. The van der Waals surface area contributed by atoms with E-state index in [1.54, 1.807) is 0 Å². The molecule has 0 saturated heterocycles. The van der Waals surface area contributed by atoms with Crippen LogP contribution in [0, 0.1) is 5.92 Å². The quantitative estimate of drug-likeness (QED) is 0.795. The van der Waals surface area contributed by atoms with Gasteiger partial charge in [-0.2, -0.15) is 0 Å². The first-order chi connectivity index (χ1) is 7.41. The summed E-state index contributed by atoms with van der Waals surface area (Å²) >= 11 is 0. The number of nitrogens with one attached hydrogen (secondary N) is 1. The Hall–Kier alpha value is -0.0800. The summed E-state index contributed by atoms with van der Waals surface area (Å²) in [5.74, 6) is 0.925. The van der Waals surface area contributed by atoms with E-state index in [9.17, 15) is 0 Å². The number of hydrogen-bond acceptors (Lipinski definition) is 2. The van der Waals surface area contributed by atoms with Crippen LogP contribution in [0.4, 0.5) is 0 Å². The predicted molar refractivity (Wildman–Crippen MR) is 69.7 cm³/mol. The van der Waals surface area contributed by atoms with Gasteiger partial charge >= 0.3 is 0 Å². The van der Waals surface area contributed by atoms with Gasteiger partial charge in [0.25, 0.3) is 0 Å². The molecule has 0 atom stereocenters. The molecule has 2 heteroatoms. The molecule has 1 rings (SSSR count). The van der Waals surface area contributed by atoms with Gasteiger partial charge in [-0.15, -0.1) is 0 Å². The summed E-state index contributed by atoms with van der Waals surface area (Å²) in [6, 6.07) is 0. The van der Waals surface area contributed by atoms with E-state index in [2.05, 4.69) is 33.0 Å². The molecule has 0 radical (unpaired) electrons. The molecule has 0 spiro atoms. The van der Waals surface area contributed by atoms with Crippen LogP contribution in [-0.4, -0.2) is 24.8 Å². The maximum absolute atomic E-state index is 6.34. The van der Waals surface area contributed by atoms with Crippen LogP contribution in [0.25, 0.3) is 0 Å². The van der Waals surface area contributed by atoms with Crippen molar-refractivity contribution in [1.29, 1.82) is 0 Å². The van der Waals surface area contributed by atoms with Gasteiger partial charge in [-0.3, -0.25) is 0 Å². The molecule has 1 fully saturated rings. The summed E-state index contributed by atoms with van der Waals surface area (Å²) in [6.07, 6.45) is 6.40. The van der Waals surface area contributed by atoms with Crippen LogP contribution in [0.1, 0.15) is 59.8 Å². The minimum absolute atomic E-state index is 0.0318. The predicted octanol–water partition coefficient (Wildman–Crippen LogP) is 3.36. The first-order valence-corrected chi connectivity index (χ1v) is 6.75. The smallest absolute Gasteiger partial charge is 0.0813 e. The van der Waals surface area contributed by atoms with Crippen molar-refractivity contribution >= 4 is 0 Å². The summed E-state index contributed by atoms with van der Waals surface area (Å²) in [7, 11) is 2.03. The second-order valence-electron chi connectivity index (χ2n) is 6.28. The molecular weight excluding hydrogens is 198 g/mol. The SMILES string of the molecule is CCC1CCC(CNC)(OC(C)(C)C)CC1. The zero-order valence-electron chi connectivity index (χ0n) is 11.7. The lowest BCUT2D eigenvalue weighted by Crippen LogP contribution is -2.49. The molecule has 2 nitrogen and oxygen atoms in total. The molecule has 0 amide bonds. The van der Waals surface area contributed by atoms with E-state index in [-0.39, 0.29) is 11.2 Å². The molecule has 1 N–H and O–H groups in total. The lowest BCUT2D eigenvalue weighted by Gasteiger charge is -2.44. The zero-order valence-corrected chi connectivity index (χ0v) is 11.7. The summed E-state index contributed by atoms with van der Waals surface area (Å²) in [5.41, 5.74) is 0.0502. The highest BCUT2D eigenvalue weighted by molar-refractivity contribution is 4.90. The fourth-order valence-electron chi connectivity index (χ4n) is 2.90. The summed E-state index contributed by atoms with van der Waals surface area (Å²) in [4.78, 5) is 0. The van der Waals surface area contributed by atoms with E-state index in [0.717, 1.165) is 12.5 Å². The summed E-state index contributed by atoms with van der Waals surface area (Å²) < 4.78 is 6.34. The van der Waals surface area contributed by atoms with Gasteiger partial charge in [0.05, 0.1) is 11.2 Å². The van der Waals surface area contributed by atoms with Crippen LogP contribution < -0.4 is 5.32 Å². The van der Waals surface area contributed by atoms with Crippen LogP contribution in [0.3, 0.4) is 0 Å². The van der Waals surface area contributed by atoms with E-state index in [4.69, 9.17) is 4.74 Å². The standard InChI is InChI=1S/C14H29NO/c1-6-12-7-9-14(10-8-12,11-15-5)16-13(2,3)4/h12,15H,6-11H2,1-5H3. The Kier molecular flexibility index (Phi) is 4.81. The van der Waals surface area contributed by atoms with E-state index in [0.29, 0.717) is 0 Å². The van der Waals surface area contributed by atoms with Crippen molar-refractivity contribution in [3.8, 4) is 0 Å². The van der Waals surface area contributed by atoms with E-state index in [1.807, 2.05) is 7.05 Å².